The van der Waals surface area contributed by atoms with Gasteiger partial charge in [-0.2, -0.15) is 0 Å². The molecule has 0 unspecified atom stereocenters. The van der Waals surface area contributed by atoms with Gasteiger partial charge in [-0.3, -0.25) is 0 Å². The summed E-state index contributed by atoms with van der Waals surface area (Å²) in [5.41, 5.74) is 4.57. The molecule has 1 heterocycles. The molecule has 0 fully saturated rings. The van der Waals surface area contributed by atoms with Gasteiger partial charge in [0.2, 0.25) is 11.8 Å². The van der Waals surface area contributed by atoms with E-state index in [2.05, 4.69) is 67.1 Å². The molecule has 0 bridgehead atoms. The van der Waals surface area contributed by atoms with Gasteiger partial charge < -0.3 is 9.32 Å². The second-order valence-corrected chi connectivity index (χ2v) is 6.42. The number of hydrogen-bond donors (Lipinski definition) is 0. The van der Waals surface area contributed by atoms with Gasteiger partial charge >= 0.3 is 0 Å². The van der Waals surface area contributed by atoms with E-state index in [0.717, 1.165) is 11.3 Å². The fourth-order valence-electron chi connectivity index (χ4n) is 2.58. The van der Waals surface area contributed by atoms with Gasteiger partial charge in [-0.15, -0.1) is 10.2 Å². The van der Waals surface area contributed by atoms with Crippen molar-refractivity contribution in [3.63, 3.8) is 0 Å². The van der Waals surface area contributed by atoms with Crippen molar-refractivity contribution in [3.05, 3.63) is 65.5 Å². The van der Waals surface area contributed by atoms with E-state index in [4.69, 9.17) is 4.42 Å². The van der Waals surface area contributed by atoms with E-state index >= 15 is 0 Å². The van der Waals surface area contributed by atoms with E-state index in [1.165, 1.54) is 11.1 Å². The topological polar surface area (TPSA) is 42.2 Å². The van der Waals surface area contributed by atoms with Crippen LogP contribution >= 0.6 is 0 Å². The predicted molar refractivity (Wildman–Crippen MR) is 97.0 cm³/mol. The van der Waals surface area contributed by atoms with E-state index in [-0.39, 0.29) is 0 Å². The molecule has 0 amide bonds. The summed E-state index contributed by atoms with van der Waals surface area (Å²) in [6, 6.07) is 16.9. The molecule has 0 aliphatic rings. The SMILES string of the molecule is Cc1ccc(-c2nnc(CN(c3ccc(C)cc3)C(C)C)o2)cc1. The second-order valence-electron chi connectivity index (χ2n) is 6.42. The monoisotopic (exact) mass is 321 g/mol. The Morgan fingerprint density at radius 2 is 1.46 bits per heavy atom. The third-order valence-corrected chi connectivity index (χ3v) is 4.06. The van der Waals surface area contributed by atoms with Crippen LogP contribution in [-0.2, 0) is 6.54 Å². The third-order valence-electron chi connectivity index (χ3n) is 4.06. The second kappa shape index (κ2) is 6.87. The van der Waals surface area contributed by atoms with Crippen molar-refractivity contribution in [1.29, 1.82) is 0 Å². The van der Waals surface area contributed by atoms with Crippen molar-refractivity contribution in [3.8, 4) is 11.5 Å². The maximum atomic E-state index is 5.87. The molecule has 1 aromatic heterocycles. The molecule has 0 aliphatic carbocycles. The quantitative estimate of drug-likeness (QED) is 0.679. The first kappa shape index (κ1) is 16.2. The largest absolute Gasteiger partial charge is 0.419 e. The average Bonchev–Trinajstić information content (AvgIpc) is 3.03. The molecular formula is C20H23N3O. The molecule has 3 rings (SSSR count). The van der Waals surface area contributed by atoms with E-state index < -0.39 is 0 Å². The lowest BCUT2D eigenvalue weighted by molar-refractivity contribution is 0.488. The zero-order valence-corrected chi connectivity index (χ0v) is 14.7. The van der Waals surface area contributed by atoms with E-state index in [9.17, 15) is 0 Å². The molecule has 4 nitrogen and oxygen atoms in total. The molecular weight excluding hydrogens is 298 g/mol. The molecule has 3 aromatic rings. The van der Waals surface area contributed by atoms with Gasteiger partial charge in [-0.05, 0) is 52.0 Å². The van der Waals surface area contributed by atoms with Crippen molar-refractivity contribution in [2.75, 3.05) is 4.90 Å². The third kappa shape index (κ3) is 3.65. The number of hydrogen-bond acceptors (Lipinski definition) is 4. The molecule has 0 aliphatic heterocycles. The first-order chi connectivity index (χ1) is 11.5. The van der Waals surface area contributed by atoms with Crippen LogP contribution in [0, 0.1) is 13.8 Å². The maximum absolute atomic E-state index is 5.87. The Balaban J connectivity index is 1.81. The van der Waals surface area contributed by atoms with Crippen molar-refractivity contribution >= 4 is 5.69 Å². The van der Waals surface area contributed by atoms with Gasteiger partial charge in [0.15, 0.2) is 0 Å². The maximum Gasteiger partial charge on any atom is 0.247 e. The normalized spacial score (nSPS) is 11.0. The molecule has 0 spiro atoms. The summed E-state index contributed by atoms with van der Waals surface area (Å²) in [6.07, 6.45) is 0. The Kier molecular flexibility index (Phi) is 4.65. The Hall–Kier alpha value is -2.62. The average molecular weight is 321 g/mol. The van der Waals surface area contributed by atoms with Crippen LogP contribution in [0.5, 0.6) is 0 Å². The molecule has 0 N–H and O–H groups in total. The van der Waals surface area contributed by atoms with Crippen LogP contribution in [0.3, 0.4) is 0 Å². The number of aryl methyl sites for hydroxylation is 2. The number of aromatic nitrogens is 2. The number of anilines is 1. The summed E-state index contributed by atoms with van der Waals surface area (Å²) in [6.45, 7) is 9.08. The van der Waals surface area contributed by atoms with Crippen molar-refractivity contribution in [1.82, 2.24) is 10.2 Å². The summed E-state index contributed by atoms with van der Waals surface area (Å²) in [5.74, 6) is 1.19. The Morgan fingerprint density at radius 1 is 0.875 bits per heavy atom. The minimum absolute atomic E-state index is 0.336. The van der Waals surface area contributed by atoms with Gasteiger partial charge in [0.25, 0.3) is 0 Å². The fraction of sp³-hybridized carbons (Fsp3) is 0.300. The summed E-state index contributed by atoms with van der Waals surface area (Å²) in [7, 11) is 0. The van der Waals surface area contributed by atoms with Gasteiger partial charge in [-0.1, -0.05) is 35.4 Å². The molecule has 0 radical (unpaired) electrons. The summed E-state index contributed by atoms with van der Waals surface area (Å²) in [4.78, 5) is 2.26. The van der Waals surface area contributed by atoms with Crippen LogP contribution in [0.4, 0.5) is 5.69 Å². The highest BCUT2D eigenvalue weighted by Crippen LogP contribution is 2.23. The standard InChI is InChI=1S/C20H23N3O/c1-14(2)23(18-11-7-16(4)8-12-18)13-19-21-22-20(24-19)17-9-5-15(3)6-10-17/h5-12,14H,13H2,1-4H3. The Morgan fingerprint density at radius 3 is 2.04 bits per heavy atom. The van der Waals surface area contributed by atoms with Crippen molar-refractivity contribution < 1.29 is 4.42 Å². The van der Waals surface area contributed by atoms with Crippen molar-refractivity contribution in [2.24, 2.45) is 0 Å². The molecule has 0 atom stereocenters. The summed E-state index contributed by atoms with van der Waals surface area (Å²) in [5, 5.41) is 8.41. The lowest BCUT2D eigenvalue weighted by atomic mass is 10.1. The number of benzene rings is 2. The predicted octanol–water partition coefficient (Wildman–Crippen LogP) is 4.77. The molecule has 124 valence electrons. The lowest BCUT2D eigenvalue weighted by Crippen LogP contribution is -2.30. The number of rotatable bonds is 5. The van der Waals surface area contributed by atoms with Crippen LogP contribution < -0.4 is 4.90 Å². The highest BCUT2D eigenvalue weighted by atomic mass is 16.4. The van der Waals surface area contributed by atoms with E-state index in [1.54, 1.807) is 0 Å². The lowest BCUT2D eigenvalue weighted by Gasteiger charge is -2.27. The van der Waals surface area contributed by atoms with Crippen LogP contribution in [0.25, 0.3) is 11.5 Å². The van der Waals surface area contributed by atoms with E-state index in [0.29, 0.717) is 24.4 Å². The van der Waals surface area contributed by atoms with Crippen LogP contribution in [0.2, 0.25) is 0 Å². The first-order valence-corrected chi connectivity index (χ1v) is 8.25. The van der Waals surface area contributed by atoms with E-state index in [1.807, 2.05) is 24.3 Å². The van der Waals surface area contributed by atoms with Crippen LogP contribution in [-0.4, -0.2) is 16.2 Å². The molecule has 0 saturated carbocycles. The van der Waals surface area contributed by atoms with Crippen LogP contribution in [0.1, 0.15) is 30.9 Å². The first-order valence-electron chi connectivity index (χ1n) is 8.25. The zero-order chi connectivity index (χ0) is 17.1. The van der Waals surface area contributed by atoms with Gasteiger partial charge in [-0.25, -0.2) is 0 Å². The van der Waals surface area contributed by atoms with Gasteiger partial charge in [0, 0.05) is 17.3 Å². The molecule has 4 heteroatoms. The smallest absolute Gasteiger partial charge is 0.247 e. The molecule has 2 aromatic carbocycles. The zero-order valence-electron chi connectivity index (χ0n) is 14.7. The summed E-state index contributed by atoms with van der Waals surface area (Å²) >= 11 is 0. The Labute approximate surface area is 143 Å². The summed E-state index contributed by atoms with van der Waals surface area (Å²) < 4.78 is 5.87. The number of nitrogens with zero attached hydrogens (tertiary/aromatic N) is 3. The molecule has 0 saturated heterocycles. The van der Waals surface area contributed by atoms with Gasteiger partial charge in [0.05, 0.1) is 6.54 Å². The minimum atomic E-state index is 0.336. The highest BCUT2D eigenvalue weighted by Gasteiger charge is 2.16. The molecule has 24 heavy (non-hydrogen) atoms. The Bertz CT molecular complexity index is 789. The van der Waals surface area contributed by atoms with Crippen molar-refractivity contribution in [2.45, 2.75) is 40.3 Å². The fourth-order valence-corrected chi connectivity index (χ4v) is 2.58. The van der Waals surface area contributed by atoms with Gasteiger partial charge in [0.1, 0.15) is 0 Å². The minimum Gasteiger partial charge on any atom is -0.419 e. The highest BCUT2D eigenvalue weighted by molar-refractivity contribution is 5.53. The van der Waals surface area contributed by atoms with Crippen LogP contribution in [0.15, 0.2) is 52.9 Å².